The third-order valence-electron chi connectivity index (χ3n) is 2.37. The highest BCUT2D eigenvalue weighted by Crippen LogP contribution is 2.23. The monoisotopic (exact) mass is 304 g/mol. The molecule has 2 rings (SSSR count). The van der Waals surface area contributed by atoms with Gasteiger partial charge in [0.05, 0.1) is 6.61 Å². The van der Waals surface area contributed by atoms with Crippen LogP contribution >= 0.6 is 15.9 Å². The Hall–Kier alpha value is -0.720. The Bertz CT molecular complexity index is 414. The molecule has 17 heavy (non-hydrogen) atoms. The fourth-order valence-corrected chi connectivity index (χ4v) is 1.92. The van der Waals surface area contributed by atoms with Gasteiger partial charge in [-0.3, -0.25) is 0 Å². The first-order chi connectivity index (χ1) is 7.96. The molecular formula is C11H14BrFN2O2. The Morgan fingerprint density at radius 2 is 2.41 bits per heavy atom. The minimum Gasteiger partial charge on any atom is -0.365 e. The van der Waals surface area contributed by atoms with E-state index in [9.17, 15) is 4.39 Å². The van der Waals surface area contributed by atoms with Gasteiger partial charge in [-0.25, -0.2) is 9.37 Å². The number of anilines is 1. The van der Waals surface area contributed by atoms with Gasteiger partial charge in [0.25, 0.3) is 0 Å². The molecule has 1 unspecified atom stereocenters. The van der Waals surface area contributed by atoms with E-state index in [2.05, 4.69) is 26.2 Å². The molecule has 0 radical (unpaired) electrons. The lowest BCUT2D eigenvalue weighted by Crippen LogP contribution is -2.26. The molecule has 1 aliphatic rings. The van der Waals surface area contributed by atoms with E-state index in [1.807, 2.05) is 13.8 Å². The average Bonchev–Trinajstić information content (AvgIpc) is 2.57. The zero-order valence-corrected chi connectivity index (χ0v) is 11.3. The highest BCUT2D eigenvalue weighted by atomic mass is 79.9. The van der Waals surface area contributed by atoms with Crippen molar-refractivity contribution in [2.75, 3.05) is 18.5 Å². The first kappa shape index (κ1) is 12.7. The normalized spacial score (nSPS) is 22.7. The standard InChI is InChI=1S/C11H14BrFN2O2/c1-11(2)16-6-8(17-11)5-15-10-9(13)3-7(12)4-14-10/h3-4,8H,5-6H2,1-2H3,(H,14,15). The minimum absolute atomic E-state index is 0.0881. The molecule has 1 saturated heterocycles. The first-order valence-electron chi connectivity index (χ1n) is 5.33. The molecule has 1 atom stereocenters. The van der Waals surface area contributed by atoms with Gasteiger partial charge in [0.2, 0.25) is 0 Å². The summed E-state index contributed by atoms with van der Waals surface area (Å²) in [6.45, 7) is 4.67. The maximum atomic E-state index is 13.4. The van der Waals surface area contributed by atoms with Gasteiger partial charge in [-0.05, 0) is 35.8 Å². The van der Waals surface area contributed by atoms with E-state index in [0.29, 0.717) is 17.6 Å². The average molecular weight is 305 g/mol. The van der Waals surface area contributed by atoms with Crippen molar-refractivity contribution in [3.63, 3.8) is 0 Å². The van der Waals surface area contributed by atoms with E-state index in [4.69, 9.17) is 9.47 Å². The van der Waals surface area contributed by atoms with Gasteiger partial charge in [0.1, 0.15) is 6.10 Å². The summed E-state index contributed by atoms with van der Waals surface area (Å²) in [5, 5.41) is 2.91. The number of halogens is 2. The predicted octanol–water partition coefficient (Wildman–Crippen LogP) is 2.55. The Morgan fingerprint density at radius 3 is 3.00 bits per heavy atom. The van der Waals surface area contributed by atoms with Crippen LogP contribution in [0, 0.1) is 5.82 Å². The van der Waals surface area contributed by atoms with E-state index in [0.717, 1.165) is 0 Å². The lowest BCUT2D eigenvalue weighted by molar-refractivity contribution is -0.136. The summed E-state index contributed by atoms with van der Waals surface area (Å²) in [5.41, 5.74) is 0. The molecule has 1 N–H and O–H groups in total. The Morgan fingerprint density at radius 1 is 1.65 bits per heavy atom. The van der Waals surface area contributed by atoms with Crippen molar-refractivity contribution >= 4 is 21.7 Å². The van der Waals surface area contributed by atoms with Crippen LogP contribution in [0.3, 0.4) is 0 Å². The minimum atomic E-state index is -0.558. The van der Waals surface area contributed by atoms with Crippen molar-refractivity contribution in [1.29, 1.82) is 0 Å². The predicted molar refractivity (Wildman–Crippen MR) is 65.3 cm³/mol. The number of ether oxygens (including phenoxy) is 2. The molecule has 4 nitrogen and oxygen atoms in total. The van der Waals surface area contributed by atoms with Crippen molar-refractivity contribution in [2.24, 2.45) is 0 Å². The van der Waals surface area contributed by atoms with Crippen LogP contribution in [-0.2, 0) is 9.47 Å². The Labute approximate surface area is 108 Å². The third-order valence-corrected chi connectivity index (χ3v) is 2.81. The van der Waals surface area contributed by atoms with Crippen LogP contribution in [0.15, 0.2) is 16.7 Å². The lowest BCUT2D eigenvalue weighted by Gasteiger charge is -2.17. The molecule has 1 aliphatic heterocycles. The smallest absolute Gasteiger partial charge is 0.166 e. The summed E-state index contributed by atoms with van der Waals surface area (Å²) in [4.78, 5) is 3.95. The molecule has 0 saturated carbocycles. The van der Waals surface area contributed by atoms with Crippen molar-refractivity contribution in [1.82, 2.24) is 4.98 Å². The van der Waals surface area contributed by atoms with Crippen LogP contribution in [0.25, 0.3) is 0 Å². The summed E-state index contributed by atoms with van der Waals surface area (Å²) >= 11 is 3.15. The van der Waals surface area contributed by atoms with Crippen LogP contribution in [0.2, 0.25) is 0 Å². The molecule has 6 heteroatoms. The lowest BCUT2D eigenvalue weighted by atomic mass is 10.3. The second-order valence-electron chi connectivity index (χ2n) is 4.32. The number of rotatable bonds is 3. The number of nitrogens with zero attached hydrogens (tertiary/aromatic N) is 1. The van der Waals surface area contributed by atoms with Crippen LogP contribution in [0.5, 0.6) is 0 Å². The van der Waals surface area contributed by atoms with Crippen molar-refractivity contribution in [3.8, 4) is 0 Å². The largest absolute Gasteiger partial charge is 0.365 e. The molecule has 0 aromatic carbocycles. The molecular weight excluding hydrogens is 291 g/mol. The van der Waals surface area contributed by atoms with E-state index < -0.39 is 11.6 Å². The van der Waals surface area contributed by atoms with Gasteiger partial charge in [-0.2, -0.15) is 0 Å². The molecule has 0 aliphatic carbocycles. The second-order valence-corrected chi connectivity index (χ2v) is 5.23. The molecule has 94 valence electrons. The quantitative estimate of drug-likeness (QED) is 0.932. The zero-order valence-electron chi connectivity index (χ0n) is 9.67. The number of nitrogens with one attached hydrogen (secondary N) is 1. The van der Waals surface area contributed by atoms with E-state index in [-0.39, 0.29) is 11.9 Å². The molecule has 0 bridgehead atoms. The van der Waals surface area contributed by atoms with Crippen molar-refractivity contribution in [3.05, 3.63) is 22.6 Å². The molecule has 1 fully saturated rings. The zero-order chi connectivity index (χ0) is 12.5. The summed E-state index contributed by atoms with van der Waals surface area (Å²) in [7, 11) is 0. The highest BCUT2D eigenvalue weighted by molar-refractivity contribution is 9.10. The van der Waals surface area contributed by atoms with Crippen LogP contribution in [-0.4, -0.2) is 30.0 Å². The molecule has 1 aromatic heterocycles. The van der Waals surface area contributed by atoms with Crippen molar-refractivity contribution < 1.29 is 13.9 Å². The molecule has 0 amide bonds. The van der Waals surface area contributed by atoms with Gasteiger partial charge >= 0.3 is 0 Å². The van der Waals surface area contributed by atoms with Gasteiger partial charge < -0.3 is 14.8 Å². The van der Waals surface area contributed by atoms with E-state index in [1.54, 1.807) is 6.20 Å². The van der Waals surface area contributed by atoms with Crippen LogP contribution in [0.1, 0.15) is 13.8 Å². The maximum Gasteiger partial charge on any atom is 0.166 e. The fourth-order valence-electron chi connectivity index (χ4n) is 1.62. The van der Waals surface area contributed by atoms with Gasteiger partial charge in [-0.15, -0.1) is 0 Å². The van der Waals surface area contributed by atoms with Crippen LogP contribution in [0.4, 0.5) is 10.2 Å². The SMILES string of the molecule is CC1(C)OCC(CNc2ncc(Br)cc2F)O1. The second kappa shape index (κ2) is 4.88. The summed E-state index contributed by atoms with van der Waals surface area (Å²) in [6.07, 6.45) is 1.45. The van der Waals surface area contributed by atoms with Crippen LogP contribution < -0.4 is 5.32 Å². The first-order valence-corrected chi connectivity index (χ1v) is 6.12. The third kappa shape index (κ3) is 3.37. The molecule has 0 spiro atoms. The van der Waals surface area contributed by atoms with Gasteiger partial charge in [0, 0.05) is 17.2 Å². The van der Waals surface area contributed by atoms with Crippen molar-refractivity contribution in [2.45, 2.75) is 25.7 Å². The number of pyridine rings is 1. The molecule has 2 heterocycles. The summed E-state index contributed by atoms with van der Waals surface area (Å²) < 4.78 is 25.1. The summed E-state index contributed by atoms with van der Waals surface area (Å²) in [5.74, 6) is -0.725. The number of hydrogen-bond donors (Lipinski definition) is 1. The number of aromatic nitrogens is 1. The highest BCUT2D eigenvalue weighted by Gasteiger charge is 2.32. The maximum absolute atomic E-state index is 13.4. The molecule has 1 aromatic rings. The summed E-state index contributed by atoms with van der Waals surface area (Å²) in [6, 6.07) is 1.37. The van der Waals surface area contributed by atoms with Gasteiger partial charge in [0.15, 0.2) is 17.4 Å². The van der Waals surface area contributed by atoms with Gasteiger partial charge in [-0.1, -0.05) is 0 Å². The Kier molecular flexibility index (Phi) is 3.65. The van der Waals surface area contributed by atoms with E-state index in [1.165, 1.54) is 6.07 Å². The topological polar surface area (TPSA) is 43.4 Å². The van der Waals surface area contributed by atoms with E-state index >= 15 is 0 Å². The fraction of sp³-hybridized carbons (Fsp3) is 0.545. The Balaban J connectivity index is 1.90. The number of hydrogen-bond acceptors (Lipinski definition) is 4.